The van der Waals surface area contributed by atoms with Crippen LogP contribution < -0.4 is 0 Å². The van der Waals surface area contributed by atoms with Crippen LogP contribution in [0.3, 0.4) is 0 Å². The first-order valence-electron chi connectivity index (χ1n) is 4.25. The fourth-order valence-corrected chi connectivity index (χ4v) is 1.12. The Morgan fingerprint density at radius 1 is 1.29 bits per heavy atom. The molecule has 94 valence electrons. The van der Waals surface area contributed by atoms with Gasteiger partial charge in [0, 0.05) is 4.91 Å². The Morgan fingerprint density at radius 3 is 2.24 bits per heavy atom. The van der Waals surface area contributed by atoms with Gasteiger partial charge in [0.1, 0.15) is 11.5 Å². The van der Waals surface area contributed by atoms with Crippen LogP contribution in [0.5, 0.6) is 0 Å². The molecule has 1 heterocycles. The smallest absolute Gasteiger partial charge is 0.454 e. The number of furan rings is 1. The topological polar surface area (TPSA) is 61.9 Å². The summed E-state index contributed by atoms with van der Waals surface area (Å²) in [6.07, 6.45) is -5.83. The molecule has 0 N–H and O–H groups in total. The molecular weight excluding hydrogens is 249 g/mol. The highest BCUT2D eigenvalue weighted by atomic mass is 19.4. The highest BCUT2D eigenvalue weighted by Crippen LogP contribution is 2.46. The predicted molar refractivity (Wildman–Crippen MR) is 46.3 cm³/mol. The summed E-state index contributed by atoms with van der Waals surface area (Å²) in [5.74, 6) is -5.79. The Balaban J connectivity index is 3.23. The van der Waals surface area contributed by atoms with Crippen LogP contribution in [-0.4, -0.2) is 12.1 Å². The molecular formula is C8H6F5N3O. The van der Waals surface area contributed by atoms with Gasteiger partial charge < -0.3 is 4.42 Å². The number of nitrogens with zero attached hydrogens (tertiary/aromatic N) is 3. The summed E-state index contributed by atoms with van der Waals surface area (Å²) in [7, 11) is 0. The van der Waals surface area contributed by atoms with Crippen molar-refractivity contribution in [1.82, 2.24) is 0 Å². The van der Waals surface area contributed by atoms with E-state index in [0.29, 0.717) is 0 Å². The molecule has 0 aliphatic carbocycles. The Morgan fingerprint density at radius 2 is 1.88 bits per heavy atom. The third kappa shape index (κ3) is 2.50. The summed E-state index contributed by atoms with van der Waals surface area (Å²) < 4.78 is 67.1. The molecule has 1 aromatic heterocycles. The number of halogens is 5. The minimum atomic E-state index is -5.83. The molecule has 0 saturated carbocycles. The van der Waals surface area contributed by atoms with Gasteiger partial charge >= 0.3 is 12.1 Å². The second kappa shape index (κ2) is 4.25. The first-order valence-corrected chi connectivity index (χ1v) is 4.25. The van der Waals surface area contributed by atoms with E-state index in [4.69, 9.17) is 5.53 Å². The van der Waals surface area contributed by atoms with Crippen molar-refractivity contribution >= 4 is 0 Å². The molecule has 0 aromatic carbocycles. The van der Waals surface area contributed by atoms with Crippen LogP contribution in [0.2, 0.25) is 0 Å². The minimum absolute atomic E-state index is 0.135. The summed E-state index contributed by atoms with van der Waals surface area (Å²) >= 11 is 0. The Labute approximate surface area is 91.6 Å². The lowest BCUT2D eigenvalue weighted by Gasteiger charge is -2.23. The summed E-state index contributed by atoms with van der Waals surface area (Å²) in [5, 5.41) is 2.46. The van der Waals surface area contributed by atoms with Gasteiger partial charge in [-0.25, -0.2) is 0 Å². The molecule has 1 aromatic rings. The van der Waals surface area contributed by atoms with E-state index >= 15 is 0 Å². The lowest BCUT2D eigenvalue weighted by Crippen LogP contribution is -2.41. The van der Waals surface area contributed by atoms with Crippen LogP contribution in [-0.2, 0) is 0 Å². The summed E-state index contributed by atoms with van der Waals surface area (Å²) in [6, 6.07) is -0.642. The minimum Gasteiger partial charge on any atom is -0.466 e. The predicted octanol–water partition coefficient (Wildman–Crippen LogP) is 4.14. The number of azide groups is 1. The van der Waals surface area contributed by atoms with Gasteiger partial charge in [-0.2, -0.15) is 22.0 Å². The quantitative estimate of drug-likeness (QED) is 0.346. The van der Waals surface area contributed by atoms with Crippen molar-refractivity contribution in [2.24, 2.45) is 5.11 Å². The standard InChI is InChI=1S/C8H6F5N3O/c1-4-2-3-5(17-4)6(15-16-14)7(9,10)8(11,12)13/h2-3,6H,1H3. The average molecular weight is 255 g/mol. The number of rotatable bonds is 3. The van der Waals surface area contributed by atoms with Gasteiger partial charge in [0.05, 0.1) is 0 Å². The summed E-state index contributed by atoms with van der Waals surface area (Å²) in [6.45, 7) is 1.36. The van der Waals surface area contributed by atoms with Crippen molar-refractivity contribution in [3.05, 3.63) is 34.1 Å². The first kappa shape index (κ1) is 13.3. The lowest BCUT2D eigenvalue weighted by molar-refractivity contribution is -0.292. The Hall–Kier alpha value is -1.76. The highest BCUT2D eigenvalue weighted by molar-refractivity contribution is 5.14. The zero-order chi connectivity index (χ0) is 13.3. The zero-order valence-electron chi connectivity index (χ0n) is 8.37. The maximum Gasteiger partial charge on any atom is 0.454 e. The largest absolute Gasteiger partial charge is 0.466 e. The van der Waals surface area contributed by atoms with E-state index in [-0.39, 0.29) is 5.76 Å². The van der Waals surface area contributed by atoms with Gasteiger partial charge in [-0.3, -0.25) is 0 Å². The molecule has 1 rings (SSSR count). The molecule has 0 bridgehead atoms. The third-order valence-electron chi connectivity index (χ3n) is 1.92. The molecule has 0 saturated heterocycles. The second-order valence-corrected chi connectivity index (χ2v) is 3.18. The SMILES string of the molecule is Cc1ccc(C(N=[N+]=[N-])C(F)(F)C(F)(F)F)o1. The Bertz CT molecular complexity index is 446. The van der Waals surface area contributed by atoms with Gasteiger partial charge in [-0.15, -0.1) is 0 Å². The number of alkyl halides is 5. The monoisotopic (exact) mass is 255 g/mol. The van der Waals surface area contributed by atoms with Crippen molar-refractivity contribution in [1.29, 1.82) is 0 Å². The fraction of sp³-hybridized carbons (Fsp3) is 0.500. The molecule has 0 radical (unpaired) electrons. The highest BCUT2D eigenvalue weighted by Gasteiger charge is 2.63. The van der Waals surface area contributed by atoms with Crippen LogP contribution >= 0.6 is 0 Å². The van der Waals surface area contributed by atoms with Crippen molar-refractivity contribution in [2.75, 3.05) is 0 Å². The summed E-state index contributed by atoms with van der Waals surface area (Å²) in [5.41, 5.74) is 8.05. The van der Waals surface area contributed by atoms with Gasteiger partial charge in [-0.05, 0) is 24.6 Å². The van der Waals surface area contributed by atoms with E-state index in [0.717, 1.165) is 6.07 Å². The Kier molecular flexibility index (Phi) is 3.33. The molecule has 1 unspecified atom stereocenters. The molecule has 9 heteroatoms. The zero-order valence-corrected chi connectivity index (χ0v) is 8.37. The van der Waals surface area contributed by atoms with E-state index in [9.17, 15) is 22.0 Å². The van der Waals surface area contributed by atoms with E-state index in [1.54, 1.807) is 0 Å². The molecule has 0 fully saturated rings. The lowest BCUT2D eigenvalue weighted by atomic mass is 10.1. The molecule has 1 atom stereocenters. The van der Waals surface area contributed by atoms with Gasteiger partial charge in [0.2, 0.25) is 0 Å². The second-order valence-electron chi connectivity index (χ2n) is 3.18. The number of hydrogen-bond donors (Lipinski definition) is 0. The fourth-order valence-electron chi connectivity index (χ4n) is 1.12. The molecule has 0 spiro atoms. The van der Waals surface area contributed by atoms with E-state index in [1.807, 2.05) is 4.91 Å². The maximum absolute atomic E-state index is 13.0. The third-order valence-corrected chi connectivity index (χ3v) is 1.92. The van der Waals surface area contributed by atoms with Crippen molar-refractivity contribution in [3.8, 4) is 0 Å². The molecule has 0 amide bonds. The van der Waals surface area contributed by atoms with Crippen LogP contribution in [0.15, 0.2) is 21.7 Å². The van der Waals surface area contributed by atoms with Crippen LogP contribution in [0.1, 0.15) is 17.6 Å². The first-order chi connectivity index (χ1) is 7.70. The average Bonchev–Trinajstić information content (AvgIpc) is 2.58. The molecule has 4 nitrogen and oxygen atoms in total. The maximum atomic E-state index is 13.0. The van der Waals surface area contributed by atoms with E-state index < -0.39 is 23.9 Å². The van der Waals surface area contributed by atoms with Gasteiger partial charge in [0.15, 0.2) is 6.04 Å². The number of aryl methyl sites for hydroxylation is 1. The van der Waals surface area contributed by atoms with Crippen molar-refractivity contribution < 1.29 is 26.4 Å². The van der Waals surface area contributed by atoms with Crippen LogP contribution in [0.25, 0.3) is 10.4 Å². The molecule has 0 aliphatic heterocycles. The van der Waals surface area contributed by atoms with Crippen molar-refractivity contribution in [3.63, 3.8) is 0 Å². The van der Waals surface area contributed by atoms with Crippen LogP contribution in [0.4, 0.5) is 22.0 Å². The van der Waals surface area contributed by atoms with Crippen molar-refractivity contribution in [2.45, 2.75) is 25.1 Å². The summed E-state index contributed by atoms with van der Waals surface area (Å²) in [4.78, 5) is 1.99. The number of hydrogen-bond acceptors (Lipinski definition) is 2. The molecule has 17 heavy (non-hydrogen) atoms. The molecule has 0 aliphatic rings. The van der Waals surface area contributed by atoms with Gasteiger partial charge in [-0.1, -0.05) is 5.11 Å². The van der Waals surface area contributed by atoms with E-state index in [1.165, 1.54) is 13.0 Å². The van der Waals surface area contributed by atoms with E-state index in [2.05, 4.69) is 9.53 Å². The van der Waals surface area contributed by atoms with Crippen LogP contribution in [0, 0.1) is 6.92 Å². The normalized spacial score (nSPS) is 14.2. The van der Waals surface area contributed by atoms with Gasteiger partial charge in [0.25, 0.3) is 0 Å².